The molecule has 0 atom stereocenters. The molecule has 1 fully saturated rings. The Kier molecular flexibility index (Phi) is 4.46. The van der Waals surface area contributed by atoms with Gasteiger partial charge in [-0.2, -0.15) is 0 Å². The van der Waals surface area contributed by atoms with Crippen LogP contribution in [0.1, 0.15) is 38.2 Å². The maximum absolute atomic E-state index is 5.86. The van der Waals surface area contributed by atoms with Gasteiger partial charge in [0.25, 0.3) is 0 Å². The summed E-state index contributed by atoms with van der Waals surface area (Å²) in [6.07, 6.45) is 5.18. The van der Waals surface area contributed by atoms with Gasteiger partial charge in [-0.15, -0.1) is 0 Å². The van der Waals surface area contributed by atoms with Gasteiger partial charge in [0.2, 0.25) is 0 Å². The molecule has 0 amide bonds. The van der Waals surface area contributed by atoms with Gasteiger partial charge in [-0.3, -0.25) is 0 Å². The second-order valence-electron chi connectivity index (χ2n) is 4.76. The van der Waals surface area contributed by atoms with Gasteiger partial charge in [-0.25, -0.2) is 0 Å². The van der Waals surface area contributed by atoms with Crippen molar-refractivity contribution in [3.8, 4) is 0 Å². The first-order valence-electron chi connectivity index (χ1n) is 6.51. The van der Waals surface area contributed by atoms with E-state index >= 15 is 0 Å². The van der Waals surface area contributed by atoms with Gasteiger partial charge in [-0.1, -0.05) is 29.3 Å². The highest BCUT2D eigenvalue weighted by Crippen LogP contribution is 2.34. The Morgan fingerprint density at radius 2 is 2.18 bits per heavy atom. The number of hydrogen-bond acceptors (Lipinski definition) is 2. The molecule has 2 N–H and O–H groups in total. The second-order valence-corrected chi connectivity index (χ2v) is 5.67. The number of nitrogens with zero attached hydrogens (tertiary/aromatic N) is 1. The van der Waals surface area contributed by atoms with Gasteiger partial charge < -0.3 is 10.6 Å². The summed E-state index contributed by atoms with van der Waals surface area (Å²) in [6, 6.07) is 7.24. The van der Waals surface area contributed by atoms with Crippen LogP contribution in [0.25, 0.3) is 0 Å². The second kappa shape index (κ2) is 5.87. The van der Waals surface area contributed by atoms with E-state index in [-0.39, 0.29) is 0 Å². The standard InChI is InChI=1S/C14H21BrN2/c1-2-3-8-17(13-5-6-13)14-7-4-12(15)9-11(14)10-16/h4,7,9,13H,2-3,5-6,8,10,16H2,1H3. The van der Waals surface area contributed by atoms with Crippen molar-refractivity contribution >= 4 is 21.6 Å². The third kappa shape index (κ3) is 3.23. The smallest absolute Gasteiger partial charge is 0.0415 e. The molecule has 1 aromatic carbocycles. The Hall–Kier alpha value is -0.540. The lowest BCUT2D eigenvalue weighted by atomic mass is 10.1. The van der Waals surface area contributed by atoms with E-state index in [1.807, 2.05) is 0 Å². The summed E-state index contributed by atoms with van der Waals surface area (Å²) in [7, 11) is 0. The summed E-state index contributed by atoms with van der Waals surface area (Å²) in [6.45, 7) is 4.02. The Balaban J connectivity index is 2.21. The van der Waals surface area contributed by atoms with Crippen molar-refractivity contribution in [2.45, 2.75) is 45.2 Å². The highest BCUT2D eigenvalue weighted by Gasteiger charge is 2.29. The van der Waals surface area contributed by atoms with Crippen molar-refractivity contribution in [3.63, 3.8) is 0 Å². The van der Waals surface area contributed by atoms with E-state index in [1.165, 1.54) is 36.9 Å². The lowest BCUT2D eigenvalue weighted by molar-refractivity contribution is 0.709. The molecule has 0 aromatic heterocycles. The highest BCUT2D eigenvalue weighted by atomic mass is 79.9. The van der Waals surface area contributed by atoms with Crippen LogP contribution in [0, 0.1) is 0 Å². The molecule has 1 saturated carbocycles. The fraction of sp³-hybridized carbons (Fsp3) is 0.571. The molecular formula is C14H21BrN2. The number of rotatable bonds is 6. The van der Waals surface area contributed by atoms with Crippen molar-refractivity contribution in [3.05, 3.63) is 28.2 Å². The minimum Gasteiger partial charge on any atom is -0.368 e. The number of anilines is 1. The minimum absolute atomic E-state index is 0.615. The average molecular weight is 297 g/mol. The summed E-state index contributed by atoms with van der Waals surface area (Å²) in [5, 5.41) is 0. The first-order chi connectivity index (χ1) is 8.26. The molecule has 2 rings (SSSR count). The summed E-state index contributed by atoms with van der Waals surface area (Å²) >= 11 is 3.52. The number of benzene rings is 1. The summed E-state index contributed by atoms with van der Waals surface area (Å²) in [5.41, 5.74) is 8.45. The first-order valence-corrected chi connectivity index (χ1v) is 7.30. The SMILES string of the molecule is CCCCN(c1ccc(Br)cc1CN)C1CC1. The number of halogens is 1. The summed E-state index contributed by atoms with van der Waals surface area (Å²) in [4.78, 5) is 2.55. The van der Waals surface area contributed by atoms with E-state index in [0.29, 0.717) is 6.54 Å². The topological polar surface area (TPSA) is 29.3 Å². The number of unbranched alkanes of at least 4 members (excludes halogenated alkanes) is 1. The minimum atomic E-state index is 0.615. The van der Waals surface area contributed by atoms with Crippen molar-refractivity contribution in [2.75, 3.05) is 11.4 Å². The van der Waals surface area contributed by atoms with Crippen molar-refractivity contribution in [1.82, 2.24) is 0 Å². The van der Waals surface area contributed by atoms with Gasteiger partial charge in [0.05, 0.1) is 0 Å². The molecule has 1 aliphatic carbocycles. The number of nitrogens with two attached hydrogens (primary N) is 1. The van der Waals surface area contributed by atoms with E-state index in [2.05, 4.69) is 46.0 Å². The van der Waals surface area contributed by atoms with Crippen LogP contribution in [0.5, 0.6) is 0 Å². The molecule has 0 heterocycles. The van der Waals surface area contributed by atoms with E-state index in [1.54, 1.807) is 0 Å². The molecule has 3 heteroatoms. The van der Waals surface area contributed by atoms with Crippen LogP contribution >= 0.6 is 15.9 Å². The predicted octanol–water partition coefficient (Wildman–Crippen LogP) is 3.68. The predicted molar refractivity (Wildman–Crippen MR) is 77.3 cm³/mol. The molecular weight excluding hydrogens is 276 g/mol. The molecule has 0 radical (unpaired) electrons. The molecule has 17 heavy (non-hydrogen) atoms. The summed E-state index contributed by atoms with van der Waals surface area (Å²) in [5.74, 6) is 0. The average Bonchev–Trinajstić information content (AvgIpc) is 3.15. The van der Waals surface area contributed by atoms with E-state index in [0.717, 1.165) is 17.1 Å². The molecule has 1 aliphatic rings. The fourth-order valence-corrected chi connectivity index (χ4v) is 2.62. The molecule has 94 valence electrons. The quantitative estimate of drug-likeness (QED) is 0.868. The zero-order chi connectivity index (χ0) is 12.3. The van der Waals surface area contributed by atoms with E-state index in [9.17, 15) is 0 Å². The van der Waals surface area contributed by atoms with Crippen LogP contribution in [-0.4, -0.2) is 12.6 Å². The molecule has 0 aliphatic heterocycles. The van der Waals surface area contributed by atoms with E-state index < -0.39 is 0 Å². The van der Waals surface area contributed by atoms with Crippen molar-refractivity contribution in [2.24, 2.45) is 5.73 Å². The zero-order valence-electron chi connectivity index (χ0n) is 10.5. The van der Waals surface area contributed by atoms with Crippen LogP contribution in [0.15, 0.2) is 22.7 Å². The molecule has 1 aromatic rings. The van der Waals surface area contributed by atoms with Gasteiger partial charge in [-0.05, 0) is 43.0 Å². The third-order valence-electron chi connectivity index (χ3n) is 3.31. The van der Waals surface area contributed by atoms with Crippen LogP contribution in [0.2, 0.25) is 0 Å². The Morgan fingerprint density at radius 1 is 1.41 bits per heavy atom. The van der Waals surface area contributed by atoms with Crippen LogP contribution in [0.4, 0.5) is 5.69 Å². The first kappa shape index (κ1) is 12.9. The maximum Gasteiger partial charge on any atom is 0.0415 e. The third-order valence-corrected chi connectivity index (χ3v) is 3.80. The Labute approximate surface area is 112 Å². The van der Waals surface area contributed by atoms with Gasteiger partial charge in [0.1, 0.15) is 0 Å². The normalized spacial score (nSPS) is 15.0. The summed E-state index contributed by atoms with van der Waals surface area (Å²) < 4.78 is 1.12. The molecule has 2 nitrogen and oxygen atoms in total. The molecule has 0 saturated heterocycles. The van der Waals surface area contributed by atoms with Gasteiger partial charge in [0.15, 0.2) is 0 Å². The monoisotopic (exact) mass is 296 g/mol. The lowest BCUT2D eigenvalue weighted by Crippen LogP contribution is -2.28. The fourth-order valence-electron chi connectivity index (χ4n) is 2.21. The Bertz CT molecular complexity index is 374. The largest absolute Gasteiger partial charge is 0.368 e. The van der Waals surface area contributed by atoms with Gasteiger partial charge >= 0.3 is 0 Å². The molecule has 0 spiro atoms. The zero-order valence-corrected chi connectivity index (χ0v) is 12.0. The van der Waals surface area contributed by atoms with Crippen LogP contribution in [0.3, 0.4) is 0 Å². The van der Waals surface area contributed by atoms with Crippen LogP contribution in [-0.2, 0) is 6.54 Å². The van der Waals surface area contributed by atoms with Crippen LogP contribution < -0.4 is 10.6 Å². The van der Waals surface area contributed by atoms with Crippen molar-refractivity contribution < 1.29 is 0 Å². The Morgan fingerprint density at radius 3 is 2.76 bits per heavy atom. The van der Waals surface area contributed by atoms with Crippen molar-refractivity contribution in [1.29, 1.82) is 0 Å². The van der Waals surface area contributed by atoms with E-state index in [4.69, 9.17) is 5.73 Å². The molecule has 0 unspecified atom stereocenters. The van der Waals surface area contributed by atoms with Gasteiger partial charge in [0, 0.05) is 29.3 Å². The number of hydrogen-bond donors (Lipinski definition) is 1. The highest BCUT2D eigenvalue weighted by molar-refractivity contribution is 9.10. The molecule has 0 bridgehead atoms. The maximum atomic E-state index is 5.86. The lowest BCUT2D eigenvalue weighted by Gasteiger charge is -2.27.